The van der Waals surface area contributed by atoms with Gasteiger partial charge in [0.05, 0.1) is 24.0 Å². The zero-order chi connectivity index (χ0) is 29.0. The molecule has 0 saturated heterocycles. The van der Waals surface area contributed by atoms with Gasteiger partial charge in [-0.1, -0.05) is 6.07 Å². The van der Waals surface area contributed by atoms with Gasteiger partial charge < -0.3 is 9.47 Å². The fraction of sp³-hybridized carbons (Fsp3) is 0.250. The minimum absolute atomic E-state index is 0.0582. The lowest BCUT2D eigenvalue weighted by Gasteiger charge is -2.41. The van der Waals surface area contributed by atoms with Crippen LogP contribution < -0.4 is 0 Å². The summed E-state index contributed by atoms with van der Waals surface area (Å²) < 4.78 is 16.1. The molecule has 0 aliphatic heterocycles. The molecule has 42 heavy (non-hydrogen) atoms. The van der Waals surface area contributed by atoms with E-state index in [1.807, 2.05) is 0 Å². The van der Waals surface area contributed by atoms with E-state index >= 15 is 5.11 Å². The zero-order valence-corrected chi connectivity index (χ0v) is 22.3. The minimum Gasteiger partial charge on any atom is -0.364 e. The number of nitrogens with zero attached hydrogens (tertiary/aromatic N) is 15. The molecule has 2 atom stereocenters. The first-order valence-corrected chi connectivity index (χ1v) is 12.6. The predicted octanol–water partition coefficient (Wildman–Crippen LogP) is 0.203. The van der Waals surface area contributed by atoms with Gasteiger partial charge in [-0.05, 0) is 74.6 Å². The zero-order valence-electron chi connectivity index (χ0n) is 22.3. The molecular formula is C24H22N15O3. The van der Waals surface area contributed by atoms with Crippen molar-refractivity contribution < 1.29 is 14.6 Å². The van der Waals surface area contributed by atoms with Crippen LogP contribution in [0.4, 0.5) is 0 Å². The first kappa shape index (κ1) is 26.7. The van der Waals surface area contributed by atoms with E-state index in [2.05, 4.69) is 61.5 Å². The standard InChI is InChI=1S/C24H22N15O3/c1-3-42-24(40,22-30-33-35-38(22)18-7-6-11-26-16-18)23(41-2,21-29-32-36-39(21)19-8-4-5-12-27-19)15-20-28-31-34-37(20)17-9-13-25-14-10-17/h4-14,16H,3,15H2,1-2H3. The number of ether oxygens (including phenoxy) is 2. The van der Waals surface area contributed by atoms with Crippen molar-refractivity contribution in [3.63, 3.8) is 0 Å². The molecule has 0 aliphatic rings. The molecule has 0 aliphatic carbocycles. The van der Waals surface area contributed by atoms with E-state index in [1.54, 1.807) is 74.2 Å². The van der Waals surface area contributed by atoms with Gasteiger partial charge in [0.2, 0.25) is 11.4 Å². The largest absolute Gasteiger partial charge is 0.364 e. The molecule has 1 radical (unpaired) electrons. The molecule has 6 rings (SSSR count). The first-order valence-electron chi connectivity index (χ1n) is 12.6. The lowest BCUT2D eigenvalue weighted by atomic mass is 9.86. The molecule has 6 aromatic heterocycles. The fourth-order valence-corrected chi connectivity index (χ4v) is 4.55. The van der Waals surface area contributed by atoms with Gasteiger partial charge in [-0.3, -0.25) is 9.97 Å². The van der Waals surface area contributed by atoms with Crippen LogP contribution in [0.5, 0.6) is 0 Å². The SMILES string of the molecule is CCOC([O])(c1nnnn1-c1cccnc1)C(Cc1nnnn1-c1ccncc1)(OC)c1nnnn1-c1ccccn1. The fourth-order valence-electron chi connectivity index (χ4n) is 4.55. The van der Waals surface area contributed by atoms with Gasteiger partial charge >= 0.3 is 5.79 Å². The van der Waals surface area contributed by atoms with Crippen LogP contribution in [0, 0.1) is 0 Å². The normalized spacial score (nSPS) is 14.4. The summed E-state index contributed by atoms with van der Waals surface area (Å²) in [5, 5.41) is 52.0. The number of tetrazole rings is 3. The Morgan fingerprint density at radius 3 is 2.24 bits per heavy atom. The summed E-state index contributed by atoms with van der Waals surface area (Å²) in [4.78, 5) is 12.5. The highest BCUT2D eigenvalue weighted by atomic mass is 16.7. The topological polar surface area (TPSA) is 208 Å². The number of pyridine rings is 3. The second kappa shape index (κ2) is 11.2. The van der Waals surface area contributed by atoms with Crippen LogP contribution >= 0.6 is 0 Å². The molecule has 0 aromatic carbocycles. The lowest BCUT2D eigenvalue weighted by Crippen LogP contribution is -2.56. The molecule has 0 amide bonds. The van der Waals surface area contributed by atoms with E-state index in [9.17, 15) is 0 Å². The van der Waals surface area contributed by atoms with E-state index in [1.165, 1.54) is 27.4 Å². The Morgan fingerprint density at radius 1 is 0.762 bits per heavy atom. The maximum Gasteiger partial charge on any atom is 0.301 e. The Bertz CT molecular complexity index is 1740. The molecule has 0 N–H and O–H groups in total. The summed E-state index contributed by atoms with van der Waals surface area (Å²) in [5.74, 6) is -2.47. The van der Waals surface area contributed by atoms with Gasteiger partial charge in [0.25, 0.3) is 0 Å². The Kier molecular flexibility index (Phi) is 7.13. The van der Waals surface area contributed by atoms with Crippen LogP contribution in [0.15, 0.2) is 73.4 Å². The average molecular weight is 569 g/mol. The van der Waals surface area contributed by atoms with Gasteiger partial charge in [0, 0.05) is 38.5 Å². The highest BCUT2D eigenvalue weighted by molar-refractivity contribution is 5.33. The van der Waals surface area contributed by atoms with Crippen molar-refractivity contribution in [2.75, 3.05) is 13.7 Å². The average Bonchev–Trinajstić information content (AvgIpc) is 3.83. The number of hydrogen-bond donors (Lipinski definition) is 0. The third-order valence-electron chi connectivity index (χ3n) is 6.43. The molecule has 0 saturated carbocycles. The molecule has 0 bridgehead atoms. The van der Waals surface area contributed by atoms with Gasteiger partial charge in [0.15, 0.2) is 17.5 Å². The second-order valence-electron chi connectivity index (χ2n) is 8.70. The van der Waals surface area contributed by atoms with Gasteiger partial charge in [-0.2, -0.15) is 19.2 Å². The summed E-state index contributed by atoms with van der Waals surface area (Å²) in [5.41, 5.74) is -1.10. The third-order valence-corrected chi connectivity index (χ3v) is 6.43. The van der Waals surface area contributed by atoms with Crippen LogP contribution in [0.25, 0.3) is 17.2 Å². The summed E-state index contributed by atoms with van der Waals surface area (Å²) in [6.45, 7) is 1.60. The Balaban J connectivity index is 1.61. The maximum absolute atomic E-state index is 15.5. The molecular weight excluding hydrogens is 546 g/mol. The van der Waals surface area contributed by atoms with E-state index in [0.29, 0.717) is 17.2 Å². The smallest absolute Gasteiger partial charge is 0.301 e. The monoisotopic (exact) mass is 568 g/mol. The number of hydrogen-bond acceptors (Lipinski definition) is 14. The highest BCUT2D eigenvalue weighted by Crippen LogP contribution is 2.46. The van der Waals surface area contributed by atoms with Crippen molar-refractivity contribution in [1.82, 2.24) is 75.6 Å². The second-order valence-corrected chi connectivity index (χ2v) is 8.70. The summed E-state index contributed by atoms with van der Waals surface area (Å²) in [6.07, 6.45) is 7.53. The molecule has 6 aromatic rings. The highest BCUT2D eigenvalue weighted by Gasteiger charge is 2.64. The van der Waals surface area contributed by atoms with E-state index in [4.69, 9.17) is 9.47 Å². The predicted molar refractivity (Wildman–Crippen MR) is 137 cm³/mol. The van der Waals surface area contributed by atoms with E-state index in [0.717, 1.165) is 0 Å². The van der Waals surface area contributed by atoms with Crippen molar-refractivity contribution >= 4 is 0 Å². The van der Waals surface area contributed by atoms with Crippen LogP contribution in [-0.2, 0) is 32.4 Å². The Morgan fingerprint density at radius 2 is 1.52 bits per heavy atom. The molecule has 0 fully saturated rings. The molecule has 18 heteroatoms. The Labute approximate surface area is 237 Å². The van der Waals surface area contributed by atoms with Crippen LogP contribution in [0.1, 0.15) is 24.4 Å². The summed E-state index contributed by atoms with van der Waals surface area (Å²) >= 11 is 0. The molecule has 211 valence electrons. The van der Waals surface area contributed by atoms with Crippen LogP contribution in [-0.4, -0.2) is 89.3 Å². The molecule has 18 nitrogen and oxygen atoms in total. The van der Waals surface area contributed by atoms with Crippen molar-refractivity contribution in [2.24, 2.45) is 0 Å². The summed E-state index contributed by atoms with van der Waals surface area (Å²) in [7, 11) is 1.34. The minimum atomic E-state index is -2.70. The number of methoxy groups -OCH3 is 1. The van der Waals surface area contributed by atoms with Crippen molar-refractivity contribution in [3.05, 3.63) is 90.9 Å². The van der Waals surface area contributed by atoms with Crippen molar-refractivity contribution in [2.45, 2.75) is 24.7 Å². The number of rotatable bonds is 11. The molecule has 6 heterocycles. The maximum atomic E-state index is 15.5. The van der Waals surface area contributed by atoms with Crippen LogP contribution in [0.2, 0.25) is 0 Å². The quantitative estimate of drug-likeness (QED) is 0.191. The van der Waals surface area contributed by atoms with Gasteiger partial charge in [-0.25, -0.2) is 4.98 Å². The van der Waals surface area contributed by atoms with Crippen molar-refractivity contribution in [3.8, 4) is 17.2 Å². The Hall–Kier alpha value is -5.46. The number of aromatic nitrogens is 15. The van der Waals surface area contributed by atoms with Crippen LogP contribution in [0.3, 0.4) is 0 Å². The van der Waals surface area contributed by atoms with Gasteiger partial charge in [-0.15, -0.1) is 15.3 Å². The summed E-state index contributed by atoms with van der Waals surface area (Å²) in [6, 6.07) is 12.0. The van der Waals surface area contributed by atoms with Gasteiger partial charge in [0.1, 0.15) is 0 Å². The molecule has 2 unspecified atom stereocenters. The van der Waals surface area contributed by atoms with Crippen molar-refractivity contribution in [1.29, 1.82) is 0 Å². The lowest BCUT2D eigenvalue weighted by molar-refractivity contribution is -0.357. The first-order chi connectivity index (χ1) is 20.6. The third kappa shape index (κ3) is 4.44. The molecule has 0 spiro atoms. The van der Waals surface area contributed by atoms with E-state index in [-0.39, 0.29) is 30.5 Å². The van der Waals surface area contributed by atoms with E-state index < -0.39 is 11.4 Å².